The van der Waals surface area contributed by atoms with Crippen molar-refractivity contribution in [2.75, 3.05) is 45.9 Å². The molecule has 0 amide bonds. The Kier molecular flexibility index (Phi) is 13.6. The summed E-state index contributed by atoms with van der Waals surface area (Å²) >= 11 is 0. The van der Waals surface area contributed by atoms with Gasteiger partial charge in [0.25, 0.3) is 0 Å². The zero-order chi connectivity index (χ0) is 21.1. The maximum Gasteiger partial charge on any atom is 0.208 e. The molecule has 30 heavy (non-hydrogen) atoms. The molecule has 1 aromatic heterocycles. The van der Waals surface area contributed by atoms with Crippen molar-refractivity contribution in [1.29, 1.82) is 0 Å². The van der Waals surface area contributed by atoms with Crippen molar-refractivity contribution in [2.24, 2.45) is 16.8 Å². The van der Waals surface area contributed by atoms with Crippen molar-refractivity contribution < 1.29 is 9.15 Å². The Morgan fingerprint density at radius 1 is 1.27 bits per heavy atom. The number of oxazole rings is 1. The number of aryl methyl sites for hydroxylation is 2. The van der Waals surface area contributed by atoms with E-state index >= 15 is 0 Å². The molecule has 1 aliphatic heterocycles. The standard InChI is InChI=1S/C22H41N5O2.HI/c1-6-23-22(24-10-7-13-28-16-17(2)3)25-14-20-8-11-27(12-9-20)15-21-26-18(4)19(5)29-21;/h17,20H,6-16H2,1-5H3,(H2,23,24,25);1H. The van der Waals surface area contributed by atoms with Crippen LogP contribution in [-0.4, -0.2) is 61.8 Å². The number of nitrogens with zero attached hydrogens (tertiary/aromatic N) is 3. The summed E-state index contributed by atoms with van der Waals surface area (Å²) in [5.41, 5.74) is 0.999. The molecule has 1 aromatic rings. The van der Waals surface area contributed by atoms with E-state index in [1.54, 1.807) is 0 Å². The molecule has 1 aliphatic rings. The van der Waals surface area contributed by atoms with Crippen LogP contribution in [0.5, 0.6) is 0 Å². The molecule has 2 rings (SSSR count). The van der Waals surface area contributed by atoms with Crippen LogP contribution in [0.2, 0.25) is 0 Å². The van der Waals surface area contributed by atoms with Crippen molar-refractivity contribution in [2.45, 2.75) is 60.4 Å². The SMILES string of the molecule is CCNC(=NCC1CCN(Cc2nc(C)c(C)o2)CC1)NCCCOCC(C)C.I. The lowest BCUT2D eigenvalue weighted by Gasteiger charge is -2.30. The van der Waals surface area contributed by atoms with Gasteiger partial charge in [0.1, 0.15) is 5.76 Å². The number of rotatable bonds is 11. The zero-order valence-corrected chi connectivity index (χ0v) is 21.8. The smallest absolute Gasteiger partial charge is 0.208 e. The third-order valence-corrected chi connectivity index (χ3v) is 5.20. The maximum atomic E-state index is 5.72. The first-order valence-electron chi connectivity index (χ1n) is 11.2. The highest BCUT2D eigenvalue weighted by Gasteiger charge is 2.20. The van der Waals surface area contributed by atoms with Crippen LogP contribution in [0.25, 0.3) is 0 Å². The maximum absolute atomic E-state index is 5.72. The minimum absolute atomic E-state index is 0. The molecule has 1 saturated heterocycles. The van der Waals surface area contributed by atoms with Crippen molar-refractivity contribution in [1.82, 2.24) is 20.5 Å². The number of nitrogens with one attached hydrogen (secondary N) is 2. The van der Waals surface area contributed by atoms with Crippen molar-refractivity contribution in [3.05, 3.63) is 17.3 Å². The molecule has 0 radical (unpaired) electrons. The Balaban J connectivity index is 0.00000450. The van der Waals surface area contributed by atoms with E-state index < -0.39 is 0 Å². The summed E-state index contributed by atoms with van der Waals surface area (Å²) in [5.74, 6) is 3.93. The summed E-state index contributed by atoms with van der Waals surface area (Å²) in [7, 11) is 0. The highest BCUT2D eigenvalue weighted by molar-refractivity contribution is 14.0. The van der Waals surface area contributed by atoms with Crippen LogP contribution < -0.4 is 10.6 Å². The summed E-state index contributed by atoms with van der Waals surface area (Å²) in [6.07, 6.45) is 3.34. The molecule has 0 saturated carbocycles. The fourth-order valence-electron chi connectivity index (χ4n) is 3.39. The van der Waals surface area contributed by atoms with E-state index in [0.29, 0.717) is 11.8 Å². The number of hydrogen-bond donors (Lipinski definition) is 2. The average molecular weight is 536 g/mol. The number of hydrogen-bond acceptors (Lipinski definition) is 5. The lowest BCUT2D eigenvalue weighted by atomic mass is 9.97. The van der Waals surface area contributed by atoms with E-state index in [9.17, 15) is 0 Å². The molecule has 8 heteroatoms. The molecule has 0 spiro atoms. The minimum atomic E-state index is 0. The summed E-state index contributed by atoms with van der Waals surface area (Å²) in [4.78, 5) is 11.8. The Labute approximate surface area is 199 Å². The van der Waals surface area contributed by atoms with Crippen LogP contribution in [-0.2, 0) is 11.3 Å². The van der Waals surface area contributed by atoms with Gasteiger partial charge in [-0.2, -0.15) is 0 Å². The predicted octanol–water partition coefficient (Wildman–Crippen LogP) is 3.74. The van der Waals surface area contributed by atoms with Gasteiger partial charge in [-0.1, -0.05) is 13.8 Å². The molecule has 0 atom stereocenters. The first-order chi connectivity index (χ1) is 14.0. The Morgan fingerprint density at radius 3 is 2.60 bits per heavy atom. The summed E-state index contributed by atoms with van der Waals surface area (Å²) in [6, 6.07) is 0. The minimum Gasteiger partial charge on any atom is -0.444 e. The van der Waals surface area contributed by atoms with Gasteiger partial charge in [-0.15, -0.1) is 24.0 Å². The van der Waals surface area contributed by atoms with Gasteiger partial charge in [0.2, 0.25) is 5.89 Å². The quantitative estimate of drug-likeness (QED) is 0.195. The van der Waals surface area contributed by atoms with Crippen LogP contribution in [0.4, 0.5) is 0 Å². The van der Waals surface area contributed by atoms with Gasteiger partial charge >= 0.3 is 0 Å². The van der Waals surface area contributed by atoms with E-state index in [-0.39, 0.29) is 24.0 Å². The number of likely N-dealkylation sites (tertiary alicyclic amines) is 1. The van der Waals surface area contributed by atoms with Crippen LogP contribution in [0, 0.1) is 25.7 Å². The third-order valence-electron chi connectivity index (χ3n) is 5.20. The Morgan fingerprint density at radius 2 is 2.00 bits per heavy atom. The predicted molar refractivity (Wildman–Crippen MR) is 134 cm³/mol. The number of aromatic nitrogens is 1. The second kappa shape index (κ2) is 15.0. The Hall–Kier alpha value is -0.870. The summed E-state index contributed by atoms with van der Waals surface area (Å²) < 4.78 is 11.4. The highest BCUT2D eigenvalue weighted by Crippen LogP contribution is 2.20. The van der Waals surface area contributed by atoms with E-state index in [1.165, 1.54) is 12.8 Å². The second-order valence-electron chi connectivity index (χ2n) is 8.44. The molecule has 0 unspecified atom stereocenters. The van der Waals surface area contributed by atoms with Crippen LogP contribution in [0.3, 0.4) is 0 Å². The number of ether oxygens (including phenoxy) is 1. The molecular weight excluding hydrogens is 493 g/mol. The normalized spacial score (nSPS) is 16.0. The molecular formula is C22H42IN5O2. The van der Waals surface area contributed by atoms with Gasteiger partial charge in [0.15, 0.2) is 5.96 Å². The summed E-state index contributed by atoms with van der Waals surface area (Å²) in [6.45, 7) is 17.7. The average Bonchev–Trinajstić information content (AvgIpc) is 3.00. The topological polar surface area (TPSA) is 74.9 Å². The number of piperidine rings is 1. The zero-order valence-electron chi connectivity index (χ0n) is 19.5. The fourth-order valence-corrected chi connectivity index (χ4v) is 3.39. The van der Waals surface area contributed by atoms with Crippen molar-refractivity contribution >= 4 is 29.9 Å². The van der Waals surface area contributed by atoms with Gasteiger partial charge in [-0.05, 0) is 65.0 Å². The second-order valence-corrected chi connectivity index (χ2v) is 8.44. The number of aliphatic imine (C=N–C) groups is 1. The molecule has 0 bridgehead atoms. The Bertz CT molecular complexity index is 593. The van der Waals surface area contributed by atoms with E-state index in [1.807, 2.05) is 13.8 Å². The van der Waals surface area contributed by atoms with Crippen molar-refractivity contribution in [3.63, 3.8) is 0 Å². The molecule has 0 aromatic carbocycles. The van der Waals surface area contributed by atoms with E-state index in [4.69, 9.17) is 14.1 Å². The first-order valence-corrected chi connectivity index (χ1v) is 11.2. The van der Waals surface area contributed by atoms with Gasteiger partial charge in [-0.3, -0.25) is 9.89 Å². The molecule has 2 heterocycles. The first kappa shape index (κ1) is 27.2. The van der Waals surface area contributed by atoms with Gasteiger partial charge in [0.05, 0.1) is 12.2 Å². The van der Waals surface area contributed by atoms with Gasteiger partial charge in [-0.25, -0.2) is 4.98 Å². The van der Waals surface area contributed by atoms with Crippen molar-refractivity contribution in [3.8, 4) is 0 Å². The highest BCUT2D eigenvalue weighted by atomic mass is 127. The monoisotopic (exact) mass is 535 g/mol. The lowest BCUT2D eigenvalue weighted by Crippen LogP contribution is -2.39. The van der Waals surface area contributed by atoms with Gasteiger partial charge in [0, 0.05) is 32.8 Å². The third kappa shape index (κ3) is 10.4. The molecule has 174 valence electrons. The van der Waals surface area contributed by atoms with Crippen LogP contribution >= 0.6 is 24.0 Å². The lowest BCUT2D eigenvalue weighted by molar-refractivity contribution is 0.108. The largest absolute Gasteiger partial charge is 0.444 e. The van der Waals surface area contributed by atoms with E-state index in [0.717, 1.165) is 82.2 Å². The number of guanidine groups is 1. The molecule has 7 nitrogen and oxygen atoms in total. The number of halogens is 1. The molecule has 0 aliphatic carbocycles. The fraction of sp³-hybridized carbons (Fsp3) is 0.818. The molecule has 1 fully saturated rings. The van der Waals surface area contributed by atoms with Crippen LogP contribution in [0.15, 0.2) is 9.41 Å². The summed E-state index contributed by atoms with van der Waals surface area (Å²) in [5, 5.41) is 6.77. The van der Waals surface area contributed by atoms with Crippen LogP contribution in [0.1, 0.15) is 57.4 Å². The van der Waals surface area contributed by atoms with E-state index in [2.05, 4.69) is 41.3 Å². The molecule has 2 N–H and O–H groups in total. The van der Waals surface area contributed by atoms with Gasteiger partial charge < -0.3 is 19.8 Å².